The second-order valence-corrected chi connectivity index (χ2v) is 12.0. The largest absolute Gasteiger partial charge is 0.457 e. The first-order valence-electron chi connectivity index (χ1n) is 17.3. The fourth-order valence-corrected chi connectivity index (χ4v) is 5.11. The highest BCUT2D eigenvalue weighted by Gasteiger charge is 2.44. The lowest BCUT2D eigenvalue weighted by Gasteiger charge is -2.39. The monoisotopic (exact) mass is 616 g/mol. The summed E-state index contributed by atoms with van der Waals surface area (Å²) in [5.41, 5.74) is 0. The van der Waals surface area contributed by atoms with E-state index in [0.717, 1.165) is 25.7 Å². The Kier molecular flexibility index (Phi) is 25.3. The van der Waals surface area contributed by atoms with Crippen molar-refractivity contribution < 1.29 is 44.2 Å². The number of aliphatic hydroxyl groups is 4. The second kappa shape index (κ2) is 27.3. The number of carbonyl (C=O) groups excluding carboxylic acids is 1. The molecule has 1 saturated heterocycles. The van der Waals surface area contributed by atoms with Gasteiger partial charge in [0, 0.05) is 13.0 Å². The molecule has 43 heavy (non-hydrogen) atoms. The van der Waals surface area contributed by atoms with Crippen molar-refractivity contribution in [2.24, 2.45) is 0 Å². The van der Waals surface area contributed by atoms with Crippen molar-refractivity contribution in [2.75, 3.05) is 26.4 Å². The van der Waals surface area contributed by atoms with E-state index in [1.165, 1.54) is 89.9 Å². The molecule has 6 atom stereocenters. The van der Waals surface area contributed by atoms with Crippen LogP contribution in [-0.2, 0) is 23.7 Å². The summed E-state index contributed by atoms with van der Waals surface area (Å²) in [7, 11) is 0. The maximum atomic E-state index is 12.2. The summed E-state index contributed by atoms with van der Waals surface area (Å²) >= 11 is 0. The van der Waals surface area contributed by atoms with Crippen molar-refractivity contribution in [3.05, 3.63) is 12.2 Å². The fraction of sp³-hybridized carbons (Fsp3) is 0.912. The number of rotatable bonds is 28. The van der Waals surface area contributed by atoms with Crippen LogP contribution < -0.4 is 0 Å². The third-order valence-electron chi connectivity index (χ3n) is 7.93. The molecule has 9 heteroatoms. The average Bonchev–Trinajstić information content (AvgIpc) is 3.01. The van der Waals surface area contributed by atoms with Gasteiger partial charge in [0.05, 0.1) is 19.8 Å². The van der Waals surface area contributed by atoms with Gasteiger partial charge in [-0.3, -0.25) is 4.79 Å². The molecular weight excluding hydrogens is 552 g/mol. The van der Waals surface area contributed by atoms with Gasteiger partial charge in [-0.25, -0.2) is 0 Å². The molecule has 4 N–H and O–H groups in total. The van der Waals surface area contributed by atoms with Gasteiger partial charge >= 0.3 is 5.97 Å². The van der Waals surface area contributed by atoms with Gasteiger partial charge in [-0.1, -0.05) is 103 Å². The van der Waals surface area contributed by atoms with E-state index < -0.39 is 43.4 Å². The van der Waals surface area contributed by atoms with E-state index in [-0.39, 0.29) is 19.2 Å². The normalized spacial score (nSPS) is 23.2. The summed E-state index contributed by atoms with van der Waals surface area (Å²) < 4.78 is 22.3. The molecule has 254 valence electrons. The summed E-state index contributed by atoms with van der Waals surface area (Å²) in [5.74, 6) is -0.350. The quantitative estimate of drug-likeness (QED) is 0.0493. The smallest absolute Gasteiger partial charge is 0.306 e. The van der Waals surface area contributed by atoms with Gasteiger partial charge in [0.2, 0.25) is 0 Å². The zero-order valence-electron chi connectivity index (χ0n) is 27.2. The van der Waals surface area contributed by atoms with E-state index in [2.05, 4.69) is 19.1 Å². The minimum Gasteiger partial charge on any atom is -0.457 e. The standard InChI is InChI=1S/C34H64O9/c1-3-5-7-8-9-10-11-12-13-14-15-16-17-18-19-20-21-22-24-40-26-28(42-30(36)23-6-4-2)27-41-34-33(39)32(38)31(37)29(25-35)43-34/h12-13,28-29,31-35,37-39H,3-11,14-27H2,1-2H3/b13-12-. The molecule has 0 spiro atoms. The van der Waals surface area contributed by atoms with E-state index in [1.54, 1.807) is 0 Å². The zero-order chi connectivity index (χ0) is 31.5. The molecule has 0 aliphatic carbocycles. The fourth-order valence-electron chi connectivity index (χ4n) is 5.11. The van der Waals surface area contributed by atoms with Crippen LogP contribution in [0.1, 0.15) is 136 Å². The number of unbranched alkanes of at least 4 members (excludes halogenated alkanes) is 15. The van der Waals surface area contributed by atoms with Gasteiger partial charge in [0.15, 0.2) is 6.29 Å². The first-order chi connectivity index (χ1) is 20.9. The minimum absolute atomic E-state index is 0.116. The van der Waals surface area contributed by atoms with E-state index >= 15 is 0 Å². The van der Waals surface area contributed by atoms with Gasteiger partial charge < -0.3 is 39.4 Å². The van der Waals surface area contributed by atoms with Crippen molar-refractivity contribution >= 4 is 5.97 Å². The highest BCUT2D eigenvalue weighted by atomic mass is 16.7. The molecule has 1 aliphatic heterocycles. The van der Waals surface area contributed by atoms with Crippen LogP contribution in [0, 0.1) is 0 Å². The molecule has 1 heterocycles. The highest BCUT2D eigenvalue weighted by Crippen LogP contribution is 2.22. The van der Waals surface area contributed by atoms with E-state index in [4.69, 9.17) is 18.9 Å². The number of allylic oxidation sites excluding steroid dienone is 2. The molecule has 0 radical (unpaired) electrons. The maximum absolute atomic E-state index is 12.2. The van der Waals surface area contributed by atoms with Crippen LogP contribution in [0.2, 0.25) is 0 Å². The third-order valence-corrected chi connectivity index (χ3v) is 7.93. The number of ether oxygens (including phenoxy) is 4. The van der Waals surface area contributed by atoms with Gasteiger partial charge in [0.25, 0.3) is 0 Å². The number of hydrogen-bond donors (Lipinski definition) is 4. The van der Waals surface area contributed by atoms with Crippen molar-refractivity contribution in [3.63, 3.8) is 0 Å². The van der Waals surface area contributed by atoms with E-state index in [0.29, 0.717) is 13.0 Å². The van der Waals surface area contributed by atoms with Crippen LogP contribution >= 0.6 is 0 Å². The summed E-state index contributed by atoms with van der Waals surface area (Å²) in [6, 6.07) is 0. The maximum Gasteiger partial charge on any atom is 0.306 e. The van der Waals surface area contributed by atoms with E-state index in [9.17, 15) is 25.2 Å². The van der Waals surface area contributed by atoms with Crippen molar-refractivity contribution in [3.8, 4) is 0 Å². The van der Waals surface area contributed by atoms with Crippen molar-refractivity contribution in [1.82, 2.24) is 0 Å². The van der Waals surface area contributed by atoms with Crippen molar-refractivity contribution in [1.29, 1.82) is 0 Å². The molecule has 0 aromatic heterocycles. The van der Waals surface area contributed by atoms with Crippen LogP contribution in [0.25, 0.3) is 0 Å². The average molecular weight is 617 g/mol. The Hall–Kier alpha value is -1.07. The second-order valence-electron chi connectivity index (χ2n) is 12.0. The summed E-state index contributed by atoms with van der Waals surface area (Å²) in [6.45, 7) is 4.29. The SMILES string of the molecule is CCCCCCCC/C=C\CCCCCCCCCCOCC(COC1OC(CO)C(O)C(O)C1O)OC(=O)CCCC. The molecule has 1 aliphatic rings. The first kappa shape index (κ1) is 40.0. The van der Waals surface area contributed by atoms with Gasteiger partial charge in [-0.2, -0.15) is 0 Å². The van der Waals surface area contributed by atoms with E-state index in [1.807, 2.05) is 6.92 Å². The molecule has 0 saturated carbocycles. The Morgan fingerprint density at radius 1 is 0.721 bits per heavy atom. The van der Waals surface area contributed by atoms with Gasteiger partial charge in [-0.05, 0) is 38.5 Å². The highest BCUT2D eigenvalue weighted by molar-refractivity contribution is 5.69. The molecule has 0 bridgehead atoms. The lowest BCUT2D eigenvalue weighted by atomic mass is 9.99. The molecule has 1 fully saturated rings. The van der Waals surface area contributed by atoms with Crippen molar-refractivity contribution in [2.45, 2.75) is 173 Å². The number of carbonyl (C=O) groups is 1. The molecular formula is C34H64O9. The molecule has 0 aromatic rings. The molecule has 6 unspecified atom stereocenters. The summed E-state index contributed by atoms with van der Waals surface area (Å²) in [5, 5.41) is 39.5. The predicted molar refractivity (Wildman–Crippen MR) is 169 cm³/mol. The number of esters is 1. The topological polar surface area (TPSA) is 135 Å². The number of aliphatic hydroxyl groups excluding tert-OH is 4. The summed E-state index contributed by atoms with van der Waals surface area (Å²) in [4.78, 5) is 12.2. The molecule has 0 aromatic carbocycles. The van der Waals surface area contributed by atoms with Crippen LogP contribution in [0.4, 0.5) is 0 Å². The van der Waals surface area contributed by atoms with Crippen LogP contribution in [-0.4, -0.2) is 89.6 Å². The number of hydrogen-bond acceptors (Lipinski definition) is 9. The van der Waals surface area contributed by atoms with Crippen LogP contribution in [0.15, 0.2) is 12.2 Å². The molecule has 9 nitrogen and oxygen atoms in total. The van der Waals surface area contributed by atoms with Gasteiger partial charge in [-0.15, -0.1) is 0 Å². The lowest BCUT2D eigenvalue weighted by molar-refractivity contribution is -0.305. The first-order valence-corrected chi connectivity index (χ1v) is 17.3. The lowest BCUT2D eigenvalue weighted by Crippen LogP contribution is -2.59. The third kappa shape index (κ3) is 19.8. The van der Waals surface area contributed by atoms with Crippen LogP contribution in [0.5, 0.6) is 0 Å². The Balaban J connectivity index is 2.14. The molecule has 1 rings (SSSR count). The van der Waals surface area contributed by atoms with Crippen LogP contribution in [0.3, 0.4) is 0 Å². The Labute approximate surface area is 261 Å². The summed E-state index contributed by atoms with van der Waals surface area (Å²) in [6.07, 6.45) is 19.2. The zero-order valence-corrected chi connectivity index (χ0v) is 27.2. The van der Waals surface area contributed by atoms with Gasteiger partial charge in [0.1, 0.15) is 30.5 Å². The minimum atomic E-state index is -1.53. The predicted octanol–water partition coefficient (Wildman–Crippen LogP) is 5.74. The Morgan fingerprint density at radius 2 is 1.28 bits per heavy atom. The Morgan fingerprint density at radius 3 is 1.86 bits per heavy atom. The molecule has 0 amide bonds. The Bertz CT molecular complexity index is 672.